The van der Waals surface area contributed by atoms with Crippen molar-refractivity contribution in [3.05, 3.63) is 23.0 Å². The Morgan fingerprint density at radius 3 is 3.00 bits per heavy atom. The largest absolute Gasteiger partial charge is 0.376 e. The van der Waals surface area contributed by atoms with Gasteiger partial charge in [0.25, 0.3) is 5.91 Å². The fraction of sp³-hybridized carbons (Fsp3) is 0.545. The number of nitrogens with one attached hydrogen (secondary N) is 1. The van der Waals surface area contributed by atoms with Crippen LogP contribution in [0.5, 0.6) is 0 Å². The summed E-state index contributed by atoms with van der Waals surface area (Å²) in [5.74, 6) is -0.247. The first-order valence-corrected chi connectivity index (χ1v) is 6.02. The molecule has 92 valence electrons. The summed E-state index contributed by atoms with van der Waals surface area (Å²) in [7, 11) is 0. The van der Waals surface area contributed by atoms with Gasteiger partial charge in [0.15, 0.2) is 10.8 Å². The number of ether oxygens (including phenoxy) is 1. The van der Waals surface area contributed by atoms with Crippen LogP contribution in [0.4, 0.5) is 0 Å². The number of hydrogen-bond donors (Lipinski definition) is 1. The molecule has 0 aromatic carbocycles. The lowest BCUT2D eigenvalue weighted by atomic mass is 10.1. The molecule has 1 aromatic heterocycles. The molecule has 0 spiro atoms. The number of amides is 1. The van der Waals surface area contributed by atoms with E-state index in [9.17, 15) is 4.79 Å². The Hall–Kier alpha value is -1.20. The van der Waals surface area contributed by atoms with E-state index in [0.717, 1.165) is 25.9 Å². The third kappa shape index (κ3) is 3.64. The first kappa shape index (κ1) is 12.3. The summed E-state index contributed by atoms with van der Waals surface area (Å²) in [6.45, 7) is 1.30. The second kappa shape index (κ2) is 5.93. The molecule has 17 heavy (non-hydrogen) atoms. The number of aromatic nitrogens is 2. The predicted octanol–water partition coefficient (Wildman–Crippen LogP) is 1.43. The van der Waals surface area contributed by atoms with Crippen LogP contribution >= 0.6 is 11.6 Å². The van der Waals surface area contributed by atoms with Crippen molar-refractivity contribution in [2.75, 3.05) is 13.2 Å². The van der Waals surface area contributed by atoms with Crippen LogP contribution < -0.4 is 5.32 Å². The Labute approximate surface area is 105 Å². The molecule has 6 heteroatoms. The van der Waals surface area contributed by atoms with E-state index in [1.807, 2.05) is 0 Å². The molecule has 5 nitrogen and oxygen atoms in total. The van der Waals surface area contributed by atoms with Crippen molar-refractivity contribution in [1.29, 1.82) is 0 Å². The van der Waals surface area contributed by atoms with E-state index in [1.54, 1.807) is 12.1 Å². The number of halogens is 1. The second-order valence-corrected chi connectivity index (χ2v) is 4.33. The second-order valence-electron chi connectivity index (χ2n) is 3.94. The van der Waals surface area contributed by atoms with Crippen LogP contribution in [-0.4, -0.2) is 35.4 Å². The Bertz CT molecular complexity index is 377. The topological polar surface area (TPSA) is 64.1 Å². The van der Waals surface area contributed by atoms with Gasteiger partial charge in [-0.05, 0) is 31.4 Å². The summed E-state index contributed by atoms with van der Waals surface area (Å²) in [5.41, 5.74) is 0.269. The number of nitrogens with zero attached hydrogens (tertiary/aromatic N) is 2. The van der Waals surface area contributed by atoms with Gasteiger partial charge in [0.05, 0.1) is 6.10 Å². The average Bonchev–Trinajstić information content (AvgIpc) is 2.38. The molecule has 1 aliphatic heterocycles. The highest BCUT2D eigenvalue weighted by atomic mass is 35.5. The van der Waals surface area contributed by atoms with Crippen LogP contribution in [0.15, 0.2) is 12.1 Å². The lowest BCUT2D eigenvalue weighted by molar-refractivity contribution is 0.0168. The standard InChI is InChI=1S/C11H14ClN3O2/c12-10-5-4-9(14-15-10)11(16)13-7-8-3-1-2-6-17-8/h4-5,8H,1-3,6-7H2,(H,13,16). The third-order valence-corrected chi connectivity index (χ3v) is 2.83. The minimum atomic E-state index is -0.247. The maximum absolute atomic E-state index is 11.7. The van der Waals surface area contributed by atoms with Gasteiger partial charge in [0, 0.05) is 13.2 Å². The Morgan fingerprint density at radius 1 is 1.47 bits per heavy atom. The van der Waals surface area contributed by atoms with Crippen LogP contribution in [0.2, 0.25) is 5.15 Å². The molecule has 1 saturated heterocycles. The van der Waals surface area contributed by atoms with Crippen molar-refractivity contribution in [1.82, 2.24) is 15.5 Å². The molecule has 0 radical (unpaired) electrons. The van der Waals surface area contributed by atoms with Gasteiger partial charge >= 0.3 is 0 Å². The highest BCUT2D eigenvalue weighted by Crippen LogP contribution is 2.11. The van der Waals surface area contributed by atoms with E-state index in [1.165, 1.54) is 0 Å². The van der Waals surface area contributed by atoms with Gasteiger partial charge in [-0.15, -0.1) is 10.2 Å². The van der Waals surface area contributed by atoms with Crippen LogP contribution in [-0.2, 0) is 4.74 Å². The normalized spacial score (nSPS) is 19.9. The minimum absolute atomic E-state index is 0.118. The number of hydrogen-bond acceptors (Lipinski definition) is 4. The quantitative estimate of drug-likeness (QED) is 0.888. The summed E-state index contributed by atoms with van der Waals surface area (Å²) >= 11 is 5.59. The summed E-state index contributed by atoms with van der Waals surface area (Å²) in [5, 5.41) is 10.4. The molecule has 0 saturated carbocycles. The summed E-state index contributed by atoms with van der Waals surface area (Å²) in [4.78, 5) is 11.7. The molecule has 1 fully saturated rings. The Morgan fingerprint density at radius 2 is 2.35 bits per heavy atom. The molecule has 1 N–H and O–H groups in total. The van der Waals surface area contributed by atoms with Crippen LogP contribution in [0.25, 0.3) is 0 Å². The van der Waals surface area contributed by atoms with E-state index in [-0.39, 0.29) is 22.9 Å². The predicted molar refractivity (Wildman–Crippen MR) is 63.0 cm³/mol. The highest BCUT2D eigenvalue weighted by Gasteiger charge is 2.15. The molecule has 2 heterocycles. The van der Waals surface area contributed by atoms with Crippen LogP contribution in [0.3, 0.4) is 0 Å². The molecule has 1 aliphatic rings. The fourth-order valence-electron chi connectivity index (χ4n) is 1.70. The Balaban J connectivity index is 1.82. The summed E-state index contributed by atoms with van der Waals surface area (Å²) in [6, 6.07) is 3.09. The van der Waals surface area contributed by atoms with Crippen molar-refractivity contribution in [3.8, 4) is 0 Å². The molecular weight excluding hydrogens is 242 g/mol. The van der Waals surface area contributed by atoms with Gasteiger partial charge in [-0.25, -0.2) is 0 Å². The van der Waals surface area contributed by atoms with Crippen molar-refractivity contribution >= 4 is 17.5 Å². The van der Waals surface area contributed by atoms with E-state index >= 15 is 0 Å². The molecule has 1 aromatic rings. The van der Waals surface area contributed by atoms with Crippen molar-refractivity contribution < 1.29 is 9.53 Å². The first-order chi connectivity index (χ1) is 8.25. The van der Waals surface area contributed by atoms with E-state index in [2.05, 4.69) is 15.5 Å². The lowest BCUT2D eigenvalue weighted by Gasteiger charge is -2.22. The van der Waals surface area contributed by atoms with Crippen molar-refractivity contribution in [3.63, 3.8) is 0 Å². The fourth-order valence-corrected chi connectivity index (χ4v) is 1.80. The van der Waals surface area contributed by atoms with Gasteiger partial charge < -0.3 is 10.1 Å². The monoisotopic (exact) mass is 255 g/mol. The molecule has 0 aliphatic carbocycles. The van der Waals surface area contributed by atoms with E-state index in [4.69, 9.17) is 16.3 Å². The van der Waals surface area contributed by atoms with Crippen LogP contribution in [0, 0.1) is 0 Å². The summed E-state index contributed by atoms with van der Waals surface area (Å²) < 4.78 is 5.51. The van der Waals surface area contributed by atoms with Gasteiger partial charge in [-0.2, -0.15) is 0 Å². The average molecular weight is 256 g/mol. The van der Waals surface area contributed by atoms with Crippen LogP contribution in [0.1, 0.15) is 29.8 Å². The molecule has 1 unspecified atom stereocenters. The van der Waals surface area contributed by atoms with Crippen molar-refractivity contribution in [2.24, 2.45) is 0 Å². The minimum Gasteiger partial charge on any atom is -0.376 e. The number of carbonyl (C=O) groups is 1. The van der Waals surface area contributed by atoms with Gasteiger partial charge in [-0.1, -0.05) is 11.6 Å². The van der Waals surface area contributed by atoms with Crippen molar-refractivity contribution in [2.45, 2.75) is 25.4 Å². The third-order valence-electron chi connectivity index (χ3n) is 2.63. The SMILES string of the molecule is O=C(NCC1CCCCO1)c1ccc(Cl)nn1. The van der Waals surface area contributed by atoms with Gasteiger partial charge in [-0.3, -0.25) is 4.79 Å². The maximum atomic E-state index is 11.7. The zero-order chi connectivity index (χ0) is 12.1. The molecule has 0 bridgehead atoms. The Kier molecular flexibility index (Phi) is 4.28. The zero-order valence-corrected chi connectivity index (χ0v) is 10.1. The summed E-state index contributed by atoms with van der Waals surface area (Å²) in [6.07, 6.45) is 3.37. The van der Waals surface area contributed by atoms with E-state index in [0.29, 0.717) is 6.54 Å². The molecule has 2 rings (SSSR count). The van der Waals surface area contributed by atoms with Gasteiger partial charge in [0.2, 0.25) is 0 Å². The molecular formula is C11H14ClN3O2. The number of carbonyl (C=O) groups excluding carboxylic acids is 1. The van der Waals surface area contributed by atoms with E-state index < -0.39 is 0 Å². The molecule has 1 atom stereocenters. The zero-order valence-electron chi connectivity index (χ0n) is 9.36. The highest BCUT2D eigenvalue weighted by molar-refractivity contribution is 6.29. The number of rotatable bonds is 3. The molecule has 1 amide bonds. The maximum Gasteiger partial charge on any atom is 0.271 e. The first-order valence-electron chi connectivity index (χ1n) is 5.65. The lowest BCUT2D eigenvalue weighted by Crippen LogP contribution is -2.35. The van der Waals surface area contributed by atoms with Gasteiger partial charge in [0.1, 0.15) is 0 Å². The smallest absolute Gasteiger partial charge is 0.271 e.